The summed E-state index contributed by atoms with van der Waals surface area (Å²) in [6.45, 7) is 10.5. The molecule has 0 amide bonds. The van der Waals surface area contributed by atoms with Gasteiger partial charge in [0.25, 0.3) is 0 Å². The number of carboxylic acids is 2. The van der Waals surface area contributed by atoms with Gasteiger partial charge in [0.05, 0.1) is 6.10 Å². The second-order valence-electron chi connectivity index (χ2n) is 10.4. The van der Waals surface area contributed by atoms with Crippen LogP contribution in [0.15, 0.2) is 48.5 Å². The maximum Gasteiger partial charge on any atom is 0.453 e. The third-order valence-corrected chi connectivity index (χ3v) is 7.34. The Labute approximate surface area is 228 Å². The number of hydrogen-bond donors (Lipinski definition) is 4. The Bertz CT molecular complexity index is 1400. The molecule has 0 saturated heterocycles. The van der Waals surface area contributed by atoms with Gasteiger partial charge in [-0.3, -0.25) is 0 Å². The number of carboxylic acid groups (broad SMARTS) is 2. The zero-order valence-electron chi connectivity index (χ0n) is 22.9. The molecule has 3 aromatic rings. The highest BCUT2D eigenvalue weighted by Crippen LogP contribution is 2.48. The van der Waals surface area contributed by atoms with Gasteiger partial charge in [0.15, 0.2) is 11.5 Å². The Kier molecular flexibility index (Phi) is 7.99. The smallest absolute Gasteiger partial charge is 0.453 e. The third kappa shape index (κ3) is 5.77. The number of carbonyl (C=O) groups is 2. The monoisotopic (exact) mass is 533 g/mol. The minimum atomic E-state index is -2.85. The molecule has 1 aliphatic rings. The van der Waals surface area contributed by atoms with Crippen molar-refractivity contribution in [2.45, 2.75) is 65.4 Å². The number of aliphatic carboxylic acids is 2. The van der Waals surface area contributed by atoms with E-state index in [1.54, 1.807) is 12.1 Å². The molecule has 0 spiro atoms. The van der Waals surface area contributed by atoms with Crippen LogP contribution in [0.25, 0.3) is 11.1 Å². The van der Waals surface area contributed by atoms with Crippen LogP contribution in [0.5, 0.6) is 11.5 Å². The SMILES string of the molecule is Cc1ccc(CC(O)CNC(C)Cc2ccc3c(c2-c2ccc(C)c(C)c2)OC(C(=O)O)(C(=O)O)O3)cc1C. The lowest BCUT2D eigenvalue weighted by Crippen LogP contribution is -2.54. The average molecular weight is 534 g/mol. The van der Waals surface area contributed by atoms with Crippen molar-refractivity contribution in [1.82, 2.24) is 5.32 Å². The van der Waals surface area contributed by atoms with Crippen molar-refractivity contribution >= 4 is 11.9 Å². The van der Waals surface area contributed by atoms with Crippen LogP contribution in [0.2, 0.25) is 0 Å². The van der Waals surface area contributed by atoms with Crippen LogP contribution in [0.4, 0.5) is 0 Å². The lowest BCUT2D eigenvalue weighted by Gasteiger charge is -2.21. The van der Waals surface area contributed by atoms with Crippen LogP contribution in [0, 0.1) is 27.7 Å². The van der Waals surface area contributed by atoms with E-state index in [0.717, 1.165) is 27.8 Å². The van der Waals surface area contributed by atoms with Crippen molar-refractivity contribution in [1.29, 1.82) is 0 Å². The van der Waals surface area contributed by atoms with Crippen LogP contribution in [-0.2, 0) is 22.4 Å². The zero-order valence-corrected chi connectivity index (χ0v) is 22.9. The summed E-state index contributed by atoms with van der Waals surface area (Å²) in [5.74, 6) is -6.19. The van der Waals surface area contributed by atoms with E-state index >= 15 is 0 Å². The van der Waals surface area contributed by atoms with E-state index in [4.69, 9.17) is 9.47 Å². The van der Waals surface area contributed by atoms with Gasteiger partial charge < -0.3 is 30.1 Å². The van der Waals surface area contributed by atoms with Gasteiger partial charge in [-0.2, -0.15) is 0 Å². The predicted octanol–water partition coefficient (Wildman–Crippen LogP) is 4.35. The molecule has 0 saturated carbocycles. The van der Waals surface area contributed by atoms with Crippen LogP contribution in [0.3, 0.4) is 0 Å². The topological polar surface area (TPSA) is 125 Å². The van der Waals surface area contributed by atoms with E-state index in [1.165, 1.54) is 11.1 Å². The molecular formula is C31H35NO7. The van der Waals surface area contributed by atoms with E-state index < -0.39 is 23.8 Å². The molecule has 1 aliphatic heterocycles. The number of rotatable bonds is 10. The largest absolute Gasteiger partial charge is 0.475 e. The molecule has 0 aromatic heterocycles. The van der Waals surface area contributed by atoms with Gasteiger partial charge in [-0.25, -0.2) is 9.59 Å². The fourth-order valence-corrected chi connectivity index (χ4v) is 4.77. The molecule has 4 N–H and O–H groups in total. The van der Waals surface area contributed by atoms with E-state index in [2.05, 4.69) is 31.3 Å². The van der Waals surface area contributed by atoms with Crippen molar-refractivity contribution in [3.8, 4) is 22.6 Å². The molecule has 0 fully saturated rings. The van der Waals surface area contributed by atoms with Gasteiger partial charge >= 0.3 is 17.7 Å². The molecule has 0 bridgehead atoms. The van der Waals surface area contributed by atoms with E-state index in [9.17, 15) is 24.9 Å². The van der Waals surface area contributed by atoms with E-state index in [1.807, 2.05) is 45.0 Å². The molecule has 4 rings (SSSR count). The summed E-state index contributed by atoms with van der Waals surface area (Å²) in [6.07, 6.45) is 0.477. The molecule has 8 heteroatoms. The number of benzene rings is 3. The van der Waals surface area contributed by atoms with Crippen LogP contribution in [-0.4, -0.2) is 51.7 Å². The van der Waals surface area contributed by atoms with Gasteiger partial charge in [0, 0.05) is 18.2 Å². The van der Waals surface area contributed by atoms with Gasteiger partial charge in [0.1, 0.15) is 0 Å². The summed E-state index contributed by atoms with van der Waals surface area (Å²) < 4.78 is 11.0. The fourth-order valence-electron chi connectivity index (χ4n) is 4.77. The second kappa shape index (κ2) is 11.1. The molecule has 8 nitrogen and oxygen atoms in total. The summed E-state index contributed by atoms with van der Waals surface area (Å²) in [4.78, 5) is 23.8. The van der Waals surface area contributed by atoms with Gasteiger partial charge in [0.2, 0.25) is 0 Å². The standard InChI is InChI=1S/C31H35NO7/c1-17-6-8-22(12-19(17)3)15-25(33)16-32-21(5)14-24-10-11-26-28(39-31(38-26,29(34)35)30(36)37)27(24)23-9-7-18(2)20(4)13-23/h6-13,21,25,32-33H,14-16H2,1-5H3,(H,34,35)(H,36,37). The first-order valence-corrected chi connectivity index (χ1v) is 13.0. The first-order valence-electron chi connectivity index (χ1n) is 13.0. The molecule has 206 valence electrons. The lowest BCUT2D eigenvalue weighted by molar-refractivity contribution is -0.194. The quantitative estimate of drug-likeness (QED) is 0.284. The summed E-state index contributed by atoms with van der Waals surface area (Å²) in [7, 11) is 0. The average Bonchev–Trinajstić information content (AvgIpc) is 3.28. The normalized spacial score (nSPS) is 15.1. The number of nitrogens with one attached hydrogen (secondary N) is 1. The molecular weight excluding hydrogens is 498 g/mol. The minimum Gasteiger partial charge on any atom is -0.475 e. The van der Waals surface area contributed by atoms with Gasteiger partial charge in [-0.05, 0) is 92.5 Å². The number of aliphatic hydroxyl groups is 1. The summed E-state index contributed by atoms with van der Waals surface area (Å²) in [6, 6.07) is 15.3. The highest BCUT2D eigenvalue weighted by Gasteiger charge is 2.58. The zero-order chi connectivity index (χ0) is 28.5. The molecule has 2 atom stereocenters. The van der Waals surface area contributed by atoms with Crippen molar-refractivity contribution in [2.24, 2.45) is 0 Å². The first kappa shape index (κ1) is 28.1. The first-order chi connectivity index (χ1) is 18.4. The lowest BCUT2D eigenvalue weighted by atomic mass is 9.92. The Morgan fingerprint density at radius 3 is 2.10 bits per heavy atom. The van der Waals surface area contributed by atoms with Crippen molar-refractivity contribution in [2.75, 3.05) is 6.54 Å². The fraction of sp³-hybridized carbons (Fsp3) is 0.355. The predicted molar refractivity (Wildman–Crippen MR) is 147 cm³/mol. The molecule has 2 unspecified atom stereocenters. The summed E-state index contributed by atoms with van der Waals surface area (Å²) in [5, 5.41) is 33.3. The third-order valence-electron chi connectivity index (χ3n) is 7.34. The molecule has 1 heterocycles. The highest BCUT2D eigenvalue weighted by molar-refractivity contribution is 6.02. The van der Waals surface area contributed by atoms with Gasteiger partial charge in [-0.1, -0.05) is 42.5 Å². The maximum absolute atomic E-state index is 11.9. The van der Waals surface area contributed by atoms with E-state index in [0.29, 0.717) is 24.9 Å². The molecule has 3 aromatic carbocycles. The van der Waals surface area contributed by atoms with Crippen LogP contribution in [0.1, 0.15) is 40.3 Å². The summed E-state index contributed by atoms with van der Waals surface area (Å²) >= 11 is 0. The number of aryl methyl sites for hydroxylation is 4. The number of fused-ring (bicyclic) bond motifs is 1. The Morgan fingerprint density at radius 1 is 0.846 bits per heavy atom. The van der Waals surface area contributed by atoms with Gasteiger partial charge in [-0.15, -0.1) is 0 Å². The Morgan fingerprint density at radius 2 is 1.49 bits per heavy atom. The van der Waals surface area contributed by atoms with Crippen LogP contribution >= 0.6 is 0 Å². The highest BCUT2D eigenvalue weighted by atomic mass is 16.8. The van der Waals surface area contributed by atoms with Crippen molar-refractivity contribution < 1.29 is 34.4 Å². The number of aliphatic hydroxyl groups excluding tert-OH is 1. The maximum atomic E-state index is 11.9. The molecule has 39 heavy (non-hydrogen) atoms. The van der Waals surface area contributed by atoms with Crippen molar-refractivity contribution in [3.63, 3.8) is 0 Å². The summed E-state index contributed by atoms with van der Waals surface area (Å²) in [5.41, 5.74) is 7.78. The minimum absolute atomic E-state index is 0.0567. The number of ether oxygens (including phenoxy) is 2. The molecule has 0 radical (unpaired) electrons. The Balaban J connectivity index is 1.58. The van der Waals surface area contributed by atoms with Crippen LogP contribution < -0.4 is 14.8 Å². The van der Waals surface area contributed by atoms with E-state index in [-0.39, 0.29) is 17.5 Å². The van der Waals surface area contributed by atoms with Crippen molar-refractivity contribution in [3.05, 3.63) is 81.9 Å². The molecule has 0 aliphatic carbocycles. The second-order valence-corrected chi connectivity index (χ2v) is 10.4. The number of hydrogen-bond acceptors (Lipinski definition) is 6. The Hall–Kier alpha value is -3.88.